The smallest absolute Gasteiger partial charge is 0.297 e. The summed E-state index contributed by atoms with van der Waals surface area (Å²) in [6.07, 6.45) is 0.386. The van der Waals surface area contributed by atoms with Gasteiger partial charge >= 0.3 is 0 Å². The highest BCUT2D eigenvalue weighted by Gasteiger charge is 2.33. The van der Waals surface area contributed by atoms with Crippen LogP contribution in [0, 0.1) is 18.0 Å². The summed E-state index contributed by atoms with van der Waals surface area (Å²) < 4.78 is 113. The van der Waals surface area contributed by atoms with Gasteiger partial charge in [-0.3, -0.25) is 8.37 Å². The normalized spacial score (nSPS) is 19.4. The van der Waals surface area contributed by atoms with E-state index in [1.165, 1.54) is 0 Å². The first-order chi connectivity index (χ1) is 14.5. The van der Waals surface area contributed by atoms with E-state index in [-0.39, 0.29) is 0 Å². The van der Waals surface area contributed by atoms with E-state index in [1.54, 1.807) is 0 Å². The molecule has 0 atom stereocenters. The molecule has 0 radical (unpaired) electrons. The van der Waals surface area contributed by atoms with Crippen LogP contribution in [0.1, 0.15) is 48.3 Å². The van der Waals surface area contributed by atoms with Gasteiger partial charge in [-0.2, -0.15) is 16.8 Å². The molecule has 0 unspecified atom stereocenters. The van der Waals surface area contributed by atoms with Crippen molar-refractivity contribution in [2.24, 2.45) is 5.89 Å². The number of hydrogen-bond acceptors (Lipinski definition) is 7. The summed E-state index contributed by atoms with van der Waals surface area (Å²) in [7, 11) is -7.48. The van der Waals surface area contributed by atoms with Crippen LogP contribution in [0.2, 0.25) is 0 Å². The molecule has 1 aromatic carbocycles. The molecule has 0 fully saturated rings. The third-order valence-electron chi connectivity index (χ3n) is 3.66. The Labute approximate surface area is 165 Å². The second-order valence-corrected chi connectivity index (χ2v) is 8.85. The van der Waals surface area contributed by atoms with Crippen LogP contribution in [0.15, 0.2) is 21.9 Å². The fourth-order valence-electron chi connectivity index (χ4n) is 2.02. The summed E-state index contributed by atoms with van der Waals surface area (Å²) >= 11 is 0. The van der Waals surface area contributed by atoms with Gasteiger partial charge in [0.1, 0.15) is 4.90 Å². The molecule has 0 aliphatic heterocycles. The Morgan fingerprint density at radius 1 is 1.19 bits per heavy atom. The minimum atomic E-state index is -4.69. The van der Waals surface area contributed by atoms with E-state index in [4.69, 9.17) is 9.60 Å². The average molecular weight is 415 g/mol. The van der Waals surface area contributed by atoms with Crippen LogP contribution < -0.4 is 0 Å². The Bertz CT molecular complexity index is 1110. The molecule has 0 aliphatic carbocycles. The van der Waals surface area contributed by atoms with E-state index < -0.39 is 71.0 Å². The second kappa shape index (κ2) is 7.63. The number of benzene rings is 1. The Hall–Kier alpha value is -1.49. The van der Waals surface area contributed by atoms with Gasteiger partial charge in [-0.1, -0.05) is 13.8 Å². The first-order valence-electron chi connectivity index (χ1n) is 10.6. The number of hydrogen-bond donors (Lipinski definition) is 0. The molecule has 10 heteroatoms. The molecule has 26 heavy (non-hydrogen) atoms. The van der Waals surface area contributed by atoms with E-state index >= 15 is 0 Å². The topological polar surface area (TPSA) is 113 Å². The van der Waals surface area contributed by atoms with Crippen LogP contribution in [0.25, 0.3) is 0 Å². The van der Waals surface area contributed by atoms with E-state index in [0.29, 0.717) is 6.21 Å². The molecule has 0 amide bonds. The summed E-state index contributed by atoms with van der Waals surface area (Å²) in [5.74, 6) is -2.41. The monoisotopic (exact) mass is 414 g/mol. The van der Waals surface area contributed by atoms with Gasteiger partial charge in [0.25, 0.3) is 20.2 Å². The van der Waals surface area contributed by atoms with Crippen molar-refractivity contribution in [2.45, 2.75) is 49.8 Å². The van der Waals surface area contributed by atoms with Gasteiger partial charge in [0.2, 0.25) is 0 Å². The third kappa shape index (κ3) is 4.25. The summed E-state index contributed by atoms with van der Waals surface area (Å²) in [5, 5.41) is 13.2. The summed E-state index contributed by atoms with van der Waals surface area (Å²) in [6, 6.07) is 1.76. The number of rotatable bonds is 7. The quantitative estimate of drug-likeness (QED) is 0.220. The van der Waals surface area contributed by atoms with Crippen molar-refractivity contribution >= 4 is 26.5 Å². The number of hydroxylamine groups is 1. The lowest BCUT2D eigenvalue weighted by molar-refractivity contribution is -0.545. The molecule has 0 heterocycles. The van der Waals surface area contributed by atoms with Crippen molar-refractivity contribution in [3.05, 3.63) is 28.5 Å². The Kier molecular flexibility index (Phi) is 4.00. The van der Waals surface area contributed by atoms with E-state index in [1.807, 2.05) is 0 Å². The second-order valence-electron chi connectivity index (χ2n) is 5.51. The standard InChI is InChI=1S/C16H25NO7S2/c1-11(2)16(4,5)17(18)10-13-8-9-14(25(19,20)23-6)12(3)15(13)26(21,22)24-7/h8-11H,1-7H3/b17-10-/i4D3,5D3,11D. The fourth-order valence-corrected chi connectivity index (χ4v) is 4.03. The van der Waals surface area contributed by atoms with Gasteiger partial charge in [0.15, 0.2) is 11.8 Å². The maximum atomic E-state index is 13.2. The van der Waals surface area contributed by atoms with Gasteiger partial charge in [0.05, 0.1) is 24.7 Å². The Morgan fingerprint density at radius 2 is 1.73 bits per heavy atom. The Morgan fingerprint density at radius 3 is 2.15 bits per heavy atom. The van der Waals surface area contributed by atoms with E-state index in [2.05, 4.69) is 8.37 Å². The highest BCUT2D eigenvalue weighted by Crippen LogP contribution is 2.29. The zero-order valence-corrected chi connectivity index (χ0v) is 16.5. The molecule has 8 nitrogen and oxygen atoms in total. The van der Waals surface area contributed by atoms with Crippen molar-refractivity contribution in [1.82, 2.24) is 0 Å². The predicted octanol–water partition coefficient (Wildman–Crippen LogP) is 2.03. The van der Waals surface area contributed by atoms with Gasteiger partial charge in [-0.15, -0.1) is 0 Å². The van der Waals surface area contributed by atoms with Crippen LogP contribution in [-0.2, 0) is 28.6 Å². The molecule has 0 saturated carbocycles. The first-order valence-corrected chi connectivity index (χ1v) is 9.90. The van der Waals surface area contributed by atoms with Crippen molar-refractivity contribution in [3.8, 4) is 0 Å². The third-order valence-corrected chi connectivity index (χ3v) is 6.56. The highest BCUT2D eigenvalue weighted by molar-refractivity contribution is 7.87. The lowest BCUT2D eigenvalue weighted by Crippen LogP contribution is -2.39. The molecular weight excluding hydrogens is 382 g/mol. The van der Waals surface area contributed by atoms with E-state index in [0.717, 1.165) is 47.1 Å². The molecule has 1 aromatic rings. The average Bonchev–Trinajstić information content (AvgIpc) is 2.57. The molecule has 0 aromatic heterocycles. The predicted molar refractivity (Wildman–Crippen MR) is 97.3 cm³/mol. The molecule has 0 saturated heterocycles. The maximum Gasteiger partial charge on any atom is 0.297 e. The summed E-state index contributed by atoms with van der Waals surface area (Å²) in [6.45, 7) is -4.13. The van der Waals surface area contributed by atoms with Crippen LogP contribution in [0.5, 0.6) is 0 Å². The SMILES string of the molecule is [2H]C([2H])([2H])C(/[N+]([O-])=C/c1ccc(S(=O)(=O)OC)c(C)c1S(=O)(=O)OC)(C([2H])([2H])[2H])C([2H])(C)C. The lowest BCUT2D eigenvalue weighted by Gasteiger charge is -2.28. The van der Waals surface area contributed by atoms with Gasteiger partial charge in [0, 0.05) is 29.2 Å². The van der Waals surface area contributed by atoms with Crippen LogP contribution in [-0.4, -0.2) is 47.5 Å². The Balaban J connectivity index is 4.23. The lowest BCUT2D eigenvalue weighted by atomic mass is 9.91. The first kappa shape index (κ1) is 13.6. The van der Waals surface area contributed by atoms with Gasteiger partial charge in [-0.25, -0.2) is 4.74 Å². The molecule has 0 bridgehead atoms. The fraction of sp³-hybridized carbons (Fsp3) is 0.562. The van der Waals surface area contributed by atoms with Crippen molar-refractivity contribution in [3.63, 3.8) is 0 Å². The molecular formula is C16H25NO7S2. The summed E-state index contributed by atoms with van der Waals surface area (Å²) in [5.41, 5.74) is -4.30. The number of nitrogens with zero attached hydrogens (tertiary/aromatic N) is 1. The van der Waals surface area contributed by atoms with Crippen LogP contribution >= 0.6 is 0 Å². The zero-order valence-electron chi connectivity index (χ0n) is 21.9. The minimum absolute atomic E-state index is 0.386. The van der Waals surface area contributed by atoms with Gasteiger partial charge < -0.3 is 5.21 Å². The molecule has 0 aliphatic rings. The minimum Gasteiger partial charge on any atom is -0.623 e. The largest absolute Gasteiger partial charge is 0.623 e. The van der Waals surface area contributed by atoms with Crippen molar-refractivity contribution in [2.75, 3.05) is 14.2 Å². The van der Waals surface area contributed by atoms with Crippen molar-refractivity contribution < 1.29 is 39.5 Å². The van der Waals surface area contributed by atoms with Gasteiger partial charge in [-0.05, 0) is 24.6 Å². The van der Waals surface area contributed by atoms with E-state index in [9.17, 15) is 22.0 Å². The molecule has 148 valence electrons. The molecule has 1 rings (SSSR count). The molecule has 0 spiro atoms. The van der Waals surface area contributed by atoms with Crippen LogP contribution in [0.3, 0.4) is 0 Å². The van der Waals surface area contributed by atoms with Crippen LogP contribution in [0.4, 0.5) is 0 Å². The summed E-state index contributed by atoms with van der Waals surface area (Å²) in [4.78, 5) is -1.40. The highest BCUT2D eigenvalue weighted by atomic mass is 32.2. The zero-order chi connectivity index (χ0) is 26.4. The van der Waals surface area contributed by atoms with Crippen molar-refractivity contribution in [1.29, 1.82) is 0 Å². The maximum absolute atomic E-state index is 13.2. The molecule has 0 N–H and O–H groups in total.